The number of aryl methyl sites for hydroxylation is 1. The third kappa shape index (κ3) is 4.04. The van der Waals surface area contributed by atoms with Gasteiger partial charge in [0.15, 0.2) is 23.1 Å². The summed E-state index contributed by atoms with van der Waals surface area (Å²) in [4.78, 5) is 14.9. The second kappa shape index (κ2) is 10.1. The molecular weight excluding hydrogens is 542 g/mol. The summed E-state index contributed by atoms with van der Waals surface area (Å²) in [7, 11) is 2.16. The third-order valence-electron chi connectivity index (χ3n) is 10.8. The van der Waals surface area contributed by atoms with Crippen molar-refractivity contribution in [3.05, 3.63) is 40.1 Å². The first-order valence-corrected chi connectivity index (χ1v) is 16.0. The maximum atomic E-state index is 10.1. The molecule has 5 aliphatic rings. The summed E-state index contributed by atoms with van der Waals surface area (Å²) in [6.07, 6.45) is 10.0. The quantitative estimate of drug-likeness (QED) is 0.431. The summed E-state index contributed by atoms with van der Waals surface area (Å²) in [6.45, 7) is 4.76. The van der Waals surface area contributed by atoms with Gasteiger partial charge in [-0.15, -0.1) is 0 Å². The Morgan fingerprint density at radius 1 is 1.12 bits per heavy atom. The van der Waals surface area contributed by atoms with Crippen molar-refractivity contribution in [3.63, 3.8) is 0 Å². The average Bonchev–Trinajstić information content (AvgIpc) is 3.75. The fourth-order valence-corrected chi connectivity index (χ4v) is 8.60. The van der Waals surface area contributed by atoms with Crippen molar-refractivity contribution in [2.75, 3.05) is 37.4 Å². The first-order valence-electron chi connectivity index (χ1n) is 16.0. The number of hydrogen-bond donors (Lipinski definition) is 1. The van der Waals surface area contributed by atoms with Gasteiger partial charge in [0, 0.05) is 23.8 Å². The maximum absolute atomic E-state index is 10.1. The van der Waals surface area contributed by atoms with Crippen LogP contribution in [0.15, 0.2) is 16.7 Å². The minimum atomic E-state index is -0.412. The van der Waals surface area contributed by atoms with Crippen LogP contribution < -0.4 is 20.1 Å². The highest BCUT2D eigenvalue weighted by Gasteiger charge is 2.49. The molecule has 3 aliphatic heterocycles. The van der Waals surface area contributed by atoms with Crippen LogP contribution in [0.5, 0.6) is 11.6 Å². The second-order valence-corrected chi connectivity index (χ2v) is 13.1. The number of piperidine rings is 1. The highest BCUT2D eigenvalue weighted by molar-refractivity contribution is 5.70. The average molecular weight is 582 g/mol. The van der Waals surface area contributed by atoms with Crippen molar-refractivity contribution in [3.8, 4) is 29.2 Å². The number of ether oxygens (including phenoxy) is 2. The SMILES string of the molecule is C[C@H](Oc1nc(-c2noc3c2CCC[C@@]32CCc3ccc(N)c(C#N)c32)nc2c1OC[C@H]1CCCCN21)[C@@H]1CCCN1C. The Morgan fingerprint density at radius 3 is 2.86 bits per heavy atom. The van der Waals surface area contributed by atoms with Gasteiger partial charge in [-0.2, -0.15) is 10.2 Å². The molecule has 5 heterocycles. The number of hydrogen-bond acceptors (Lipinski definition) is 10. The molecule has 10 heteroatoms. The molecule has 43 heavy (non-hydrogen) atoms. The molecule has 8 rings (SSSR count). The predicted octanol–water partition coefficient (Wildman–Crippen LogP) is 4.77. The molecule has 2 aromatic heterocycles. The van der Waals surface area contributed by atoms with Gasteiger partial charge in [0.2, 0.25) is 5.75 Å². The van der Waals surface area contributed by atoms with Gasteiger partial charge in [0.25, 0.3) is 5.88 Å². The predicted molar refractivity (Wildman–Crippen MR) is 161 cm³/mol. The molecule has 0 amide bonds. The fraction of sp³-hybridized carbons (Fsp3) is 0.576. The smallest absolute Gasteiger partial charge is 0.263 e. The van der Waals surface area contributed by atoms with E-state index in [-0.39, 0.29) is 6.10 Å². The highest BCUT2D eigenvalue weighted by Crippen LogP contribution is 2.54. The van der Waals surface area contributed by atoms with E-state index in [1.807, 2.05) is 6.07 Å². The summed E-state index contributed by atoms with van der Waals surface area (Å²) >= 11 is 0. The normalized spacial score (nSPS) is 26.7. The van der Waals surface area contributed by atoms with E-state index in [0.717, 1.165) is 87.2 Å². The van der Waals surface area contributed by atoms with Crippen LogP contribution in [0.2, 0.25) is 0 Å². The lowest BCUT2D eigenvalue weighted by Crippen LogP contribution is -2.47. The lowest BCUT2D eigenvalue weighted by Gasteiger charge is -2.41. The van der Waals surface area contributed by atoms with E-state index >= 15 is 0 Å². The van der Waals surface area contributed by atoms with Crippen LogP contribution in [-0.4, -0.2) is 65.0 Å². The Hall–Kier alpha value is -3.84. The van der Waals surface area contributed by atoms with Crippen LogP contribution in [0, 0.1) is 11.3 Å². The molecule has 1 spiro atoms. The van der Waals surface area contributed by atoms with Crippen molar-refractivity contribution in [1.82, 2.24) is 20.0 Å². The second-order valence-electron chi connectivity index (χ2n) is 13.1. The molecule has 0 bridgehead atoms. The molecule has 3 aromatic rings. The minimum Gasteiger partial charge on any atom is -0.483 e. The Bertz CT molecular complexity index is 1630. The van der Waals surface area contributed by atoms with Crippen LogP contribution in [0.1, 0.15) is 86.3 Å². The first kappa shape index (κ1) is 26.8. The monoisotopic (exact) mass is 581 g/mol. The zero-order chi connectivity index (χ0) is 29.3. The number of fused-ring (bicyclic) bond motifs is 7. The van der Waals surface area contributed by atoms with E-state index in [1.165, 1.54) is 18.4 Å². The Morgan fingerprint density at radius 2 is 2.02 bits per heavy atom. The molecule has 2 aliphatic carbocycles. The van der Waals surface area contributed by atoms with Crippen LogP contribution in [0.3, 0.4) is 0 Å². The number of anilines is 2. The summed E-state index contributed by atoms with van der Waals surface area (Å²) in [5, 5.41) is 14.8. The minimum absolute atomic E-state index is 0.0543. The van der Waals surface area contributed by atoms with Crippen LogP contribution in [0.25, 0.3) is 11.5 Å². The summed E-state index contributed by atoms with van der Waals surface area (Å²) in [5.41, 5.74) is 10.9. The van der Waals surface area contributed by atoms with Gasteiger partial charge in [-0.05, 0) is 102 Å². The van der Waals surface area contributed by atoms with Gasteiger partial charge in [-0.1, -0.05) is 11.2 Å². The number of nitrogens with two attached hydrogens (primary N) is 1. The van der Waals surface area contributed by atoms with E-state index in [2.05, 4.69) is 41.1 Å². The zero-order valence-corrected chi connectivity index (χ0v) is 25.1. The number of likely N-dealkylation sites (tertiary alicyclic amines) is 1. The highest BCUT2D eigenvalue weighted by atomic mass is 16.5. The van der Waals surface area contributed by atoms with Crippen molar-refractivity contribution < 1.29 is 14.0 Å². The number of benzene rings is 1. The van der Waals surface area contributed by atoms with E-state index in [0.29, 0.717) is 53.1 Å². The molecule has 224 valence electrons. The van der Waals surface area contributed by atoms with E-state index in [9.17, 15) is 5.26 Å². The fourth-order valence-electron chi connectivity index (χ4n) is 8.60. The third-order valence-corrected chi connectivity index (χ3v) is 10.8. The van der Waals surface area contributed by atoms with Crippen molar-refractivity contribution in [2.24, 2.45) is 0 Å². The molecule has 2 fully saturated rings. The van der Waals surface area contributed by atoms with Crippen molar-refractivity contribution in [2.45, 2.75) is 94.7 Å². The number of aromatic nitrogens is 3. The Kier molecular flexibility index (Phi) is 6.30. The molecule has 0 saturated carbocycles. The van der Waals surface area contributed by atoms with Crippen molar-refractivity contribution in [1.29, 1.82) is 5.26 Å². The van der Waals surface area contributed by atoms with Crippen molar-refractivity contribution >= 4 is 11.5 Å². The standard InChI is InChI=1S/C33H39N7O3/c1-19(25-9-6-15-39(25)2)42-32-28-31(40-16-4-3-7-21(40)18-41-28)36-30(37-32)27-22-8-5-13-33(29(22)43-38-27)14-12-20-10-11-24(35)23(17-34)26(20)33/h10-11,19,21,25H,3-9,12-16,18,35H2,1-2H3/t19-,21+,25-,33-/m0/s1. The molecule has 1 aromatic carbocycles. The summed E-state index contributed by atoms with van der Waals surface area (Å²) < 4.78 is 19.3. The molecular formula is C33H39N7O3. The largest absolute Gasteiger partial charge is 0.483 e. The number of likely N-dealkylation sites (N-methyl/N-ethyl adjacent to an activating group) is 1. The van der Waals surface area contributed by atoms with E-state index < -0.39 is 5.41 Å². The number of rotatable bonds is 4. The molecule has 2 N–H and O–H groups in total. The van der Waals surface area contributed by atoms with E-state index in [1.54, 1.807) is 0 Å². The topological polar surface area (TPSA) is 127 Å². The number of nitriles is 1. The molecule has 4 atom stereocenters. The zero-order valence-electron chi connectivity index (χ0n) is 25.1. The van der Waals surface area contributed by atoms with Gasteiger partial charge in [-0.3, -0.25) is 4.90 Å². The summed E-state index contributed by atoms with van der Waals surface area (Å²) in [6, 6.07) is 6.95. The molecule has 2 saturated heterocycles. The first-order chi connectivity index (χ1) is 21.0. The van der Waals surface area contributed by atoms with Gasteiger partial charge in [0.1, 0.15) is 18.8 Å². The Balaban J connectivity index is 1.25. The molecule has 10 nitrogen and oxygen atoms in total. The lowest BCUT2D eigenvalue weighted by atomic mass is 9.68. The van der Waals surface area contributed by atoms with Crippen LogP contribution in [0.4, 0.5) is 11.5 Å². The van der Waals surface area contributed by atoms with Gasteiger partial charge in [-0.25, -0.2) is 4.98 Å². The van der Waals surface area contributed by atoms with Crippen LogP contribution in [-0.2, 0) is 18.3 Å². The van der Waals surface area contributed by atoms with E-state index in [4.69, 9.17) is 29.7 Å². The number of nitrogens with zero attached hydrogens (tertiary/aromatic N) is 6. The Labute approximate surface area is 252 Å². The number of nitrogen functional groups attached to an aromatic ring is 1. The molecule has 0 radical (unpaired) electrons. The van der Waals surface area contributed by atoms with Crippen LogP contribution >= 0.6 is 0 Å². The van der Waals surface area contributed by atoms with Gasteiger partial charge >= 0.3 is 0 Å². The van der Waals surface area contributed by atoms with Gasteiger partial charge in [0.05, 0.1) is 17.0 Å². The molecule has 0 unspecified atom stereocenters. The van der Waals surface area contributed by atoms with Gasteiger partial charge < -0.3 is 24.6 Å². The summed E-state index contributed by atoms with van der Waals surface area (Å²) in [5.74, 6) is 3.29. The lowest BCUT2D eigenvalue weighted by molar-refractivity contribution is 0.109. The maximum Gasteiger partial charge on any atom is 0.263 e.